The molecule has 144 valence electrons. The number of fused-ring (bicyclic) bond motifs is 4. The van der Waals surface area contributed by atoms with Crippen molar-refractivity contribution in [3.8, 4) is 0 Å². The lowest BCUT2D eigenvalue weighted by atomic mass is 9.68. The first kappa shape index (κ1) is 17.5. The van der Waals surface area contributed by atoms with E-state index in [1.54, 1.807) is 6.92 Å². The number of hydrogen-bond donors (Lipinski definition) is 1. The zero-order chi connectivity index (χ0) is 18.4. The zero-order valence-corrected chi connectivity index (χ0v) is 16.5. The molecule has 1 heterocycles. The van der Waals surface area contributed by atoms with E-state index in [0.717, 1.165) is 24.2 Å². The Labute approximate surface area is 163 Å². The Morgan fingerprint density at radius 1 is 1.19 bits per heavy atom. The lowest BCUT2D eigenvalue weighted by molar-refractivity contribution is -0.119. The van der Waals surface area contributed by atoms with E-state index in [2.05, 4.69) is 46.6 Å². The second kappa shape index (κ2) is 6.77. The number of piperidine rings is 1. The van der Waals surface area contributed by atoms with Gasteiger partial charge in [-0.05, 0) is 80.5 Å². The maximum Gasteiger partial charge on any atom is 0.217 e. The predicted molar refractivity (Wildman–Crippen MR) is 108 cm³/mol. The fourth-order valence-electron chi connectivity index (χ4n) is 6.50. The van der Waals surface area contributed by atoms with Gasteiger partial charge >= 0.3 is 0 Å². The second-order valence-corrected chi connectivity index (χ2v) is 9.51. The molecule has 1 saturated carbocycles. The molecule has 1 N–H and O–H groups in total. The molecule has 0 radical (unpaired) electrons. The first-order valence-corrected chi connectivity index (χ1v) is 10.9. The van der Waals surface area contributed by atoms with Crippen molar-refractivity contribution in [2.45, 2.75) is 56.9 Å². The van der Waals surface area contributed by atoms with Crippen LogP contribution in [0.25, 0.3) is 0 Å². The van der Waals surface area contributed by atoms with Crippen molar-refractivity contribution in [2.75, 3.05) is 19.6 Å². The van der Waals surface area contributed by atoms with Crippen molar-refractivity contribution >= 4 is 5.91 Å². The van der Waals surface area contributed by atoms with Crippen molar-refractivity contribution in [3.63, 3.8) is 0 Å². The van der Waals surface area contributed by atoms with Gasteiger partial charge in [0, 0.05) is 18.9 Å². The Morgan fingerprint density at radius 3 is 2.67 bits per heavy atom. The largest absolute Gasteiger partial charge is 0.349 e. The van der Waals surface area contributed by atoms with Crippen LogP contribution in [0, 0.1) is 17.8 Å². The van der Waals surface area contributed by atoms with Crippen LogP contribution in [0.2, 0.25) is 0 Å². The quantitative estimate of drug-likeness (QED) is 0.815. The molecular weight excluding hydrogens is 332 g/mol. The number of allylic oxidation sites excluding steroid dienone is 2. The summed E-state index contributed by atoms with van der Waals surface area (Å²) in [5, 5.41) is 3.20. The van der Waals surface area contributed by atoms with E-state index in [1.807, 2.05) is 0 Å². The summed E-state index contributed by atoms with van der Waals surface area (Å²) in [6.45, 7) is 5.35. The highest BCUT2D eigenvalue weighted by Gasteiger charge is 2.46. The van der Waals surface area contributed by atoms with Gasteiger partial charge in [0.1, 0.15) is 0 Å². The maximum absolute atomic E-state index is 11.7. The number of rotatable bonds is 3. The molecule has 3 heteroatoms. The lowest BCUT2D eigenvalue weighted by Gasteiger charge is -2.44. The summed E-state index contributed by atoms with van der Waals surface area (Å²) < 4.78 is 0. The van der Waals surface area contributed by atoms with Crippen molar-refractivity contribution in [3.05, 3.63) is 47.5 Å². The van der Waals surface area contributed by atoms with Crippen LogP contribution in [-0.2, 0) is 10.2 Å². The minimum Gasteiger partial charge on any atom is -0.349 e. The Bertz CT molecular complexity index is 747. The molecule has 2 fully saturated rings. The van der Waals surface area contributed by atoms with Crippen LogP contribution in [0.5, 0.6) is 0 Å². The molecule has 4 atom stereocenters. The third kappa shape index (κ3) is 3.14. The molecule has 1 amide bonds. The Morgan fingerprint density at radius 2 is 2.00 bits per heavy atom. The molecule has 1 spiro atoms. The first-order valence-electron chi connectivity index (χ1n) is 10.9. The number of nitrogens with zero attached hydrogens (tertiary/aromatic N) is 1. The van der Waals surface area contributed by atoms with E-state index >= 15 is 0 Å². The minimum absolute atomic E-state index is 0.0877. The van der Waals surface area contributed by atoms with Crippen molar-refractivity contribution in [1.82, 2.24) is 10.2 Å². The normalized spacial score (nSPS) is 34.0. The van der Waals surface area contributed by atoms with E-state index in [-0.39, 0.29) is 17.4 Å². The van der Waals surface area contributed by atoms with Crippen LogP contribution < -0.4 is 5.32 Å². The fourth-order valence-corrected chi connectivity index (χ4v) is 6.50. The van der Waals surface area contributed by atoms with Gasteiger partial charge in [-0.1, -0.05) is 36.4 Å². The standard InChI is InChI=1S/C24H32N2O/c1-17(27)25-23-15-24(22-5-3-2-4-21(22)23)10-12-26(13-11-24)16-20-14-18-6-8-19(20)9-7-18/h2-6,8,18-20,23H,7,9-16H2,1H3,(H,25,27). The van der Waals surface area contributed by atoms with Gasteiger partial charge in [0.05, 0.1) is 6.04 Å². The lowest BCUT2D eigenvalue weighted by Crippen LogP contribution is -2.45. The van der Waals surface area contributed by atoms with Crippen molar-refractivity contribution in [1.29, 1.82) is 0 Å². The Kier molecular flexibility index (Phi) is 4.39. The molecule has 1 aromatic rings. The molecule has 27 heavy (non-hydrogen) atoms. The number of nitrogens with one attached hydrogen (secondary N) is 1. The van der Waals surface area contributed by atoms with Gasteiger partial charge in [-0.15, -0.1) is 0 Å². The molecule has 0 aromatic heterocycles. The van der Waals surface area contributed by atoms with E-state index in [0.29, 0.717) is 0 Å². The molecule has 2 bridgehead atoms. The predicted octanol–water partition coefficient (Wildman–Crippen LogP) is 4.20. The van der Waals surface area contributed by atoms with Crippen LogP contribution in [0.3, 0.4) is 0 Å². The van der Waals surface area contributed by atoms with Gasteiger partial charge < -0.3 is 10.2 Å². The molecule has 1 saturated heterocycles. The summed E-state index contributed by atoms with van der Waals surface area (Å²) in [7, 11) is 0. The Hall–Kier alpha value is -1.61. The van der Waals surface area contributed by atoms with E-state index < -0.39 is 0 Å². The minimum atomic E-state index is 0.0877. The molecule has 4 unspecified atom stereocenters. The zero-order valence-electron chi connectivity index (χ0n) is 16.5. The summed E-state index contributed by atoms with van der Waals surface area (Å²) in [5.41, 5.74) is 3.13. The van der Waals surface area contributed by atoms with Gasteiger partial charge in [-0.3, -0.25) is 4.79 Å². The molecular formula is C24H32N2O. The van der Waals surface area contributed by atoms with Gasteiger partial charge in [0.25, 0.3) is 0 Å². The number of amides is 1. The van der Waals surface area contributed by atoms with Gasteiger partial charge in [0.2, 0.25) is 5.91 Å². The fraction of sp³-hybridized carbons (Fsp3) is 0.625. The molecule has 3 nitrogen and oxygen atoms in total. The summed E-state index contributed by atoms with van der Waals surface area (Å²) >= 11 is 0. The summed E-state index contributed by atoms with van der Waals surface area (Å²) in [6.07, 6.45) is 12.8. The number of carbonyl (C=O) groups excluding carboxylic acids is 1. The summed E-state index contributed by atoms with van der Waals surface area (Å²) in [5.74, 6) is 2.66. The second-order valence-electron chi connectivity index (χ2n) is 9.51. The number of likely N-dealkylation sites (tertiary alicyclic amines) is 1. The van der Waals surface area contributed by atoms with E-state index in [1.165, 1.54) is 62.9 Å². The highest BCUT2D eigenvalue weighted by molar-refractivity contribution is 5.73. The van der Waals surface area contributed by atoms with Crippen molar-refractivity contribution < 1.29 is 4.79 Å². The highest BCUT2D eigenvalue weighted by atomic mass is 16.1. The van der Waals surface area contributed by atoms with Crippen LogP contribution in [0.15, 0.2) is 36.4 Å². The van der Waals surface area contributed by atoms with Crippen LogP contribution in [0.1, 0.15) is 62.6 Å². The van der Waals surface area contributed by atoms with Crippen LogP contribution in [0.4, 0.5) is 0 Å². The third-order valence-electron chi connectivity index (χ3n) is 7.90. The molecule has 1 aliphatic heterocycles. The van der Waals surface area contributed by atoms with Gasteiger partial charge in [0.15, 0.2) is 0 Å². The molecule has 6 rings (SSSR count). The van der Waals surface area contributed by atoms with Crippen LogP contribution >= 0.6 is 0 Å². The SMILES string of the molecule is CC(=O)NC1CC2(CCN(CC3CC4C=CC3CC4)CC2)c2ccccc21. The number of benzene rings is 1. The van der Waals surface area contributed by atoms with Gasteiger partial charge in [-0.25, -0.2) is 0 Å². The monoisotopic (exact) mass is 364 g/mol. The third-order valence-corrected chi connectivity index (χ3v) is 7.90. The van der Waals surface area contributed by atoms with E-state index in [4.69, 9.17) is 0 Å². The number of hydrogen-bond acceptors (Lipinski definition) is 2. The molecule has 4 aliphatic carbocycles. The average Bonchev–Trinajstić information content (AvgIpc) is 2.98. The average molecular weight is 365 g/mol. The van der Waals surface area contributed by atoms with E-state index in [9.17, 15) is 4.79 Å². The highest BCUT2D eigenvalue weighted by Crippen LogP contribution is 2.51. The first-order chi connectivity index (χ1) is 13.1. The molecule has 1 aromatic carbocycles. The smallest absolute Gasteiger partial charge is 0.217 e. The summed E-state index contributed by atoms with van der Waals surface area (Å²) in [4.78, 5) is 14.4. The van der Waals surface area contributed by atoms with Crippen LogP contribution in [-0.4, -0.2) is 30.4 Å². The Balaban J connectivity index is 1.27. The topological polar surface area (TPSA) is 32.3 Å². The van der Waals surface area contributed by atoms with Crippen molar-refractivity contribution in [2.24, 2.45) is 17.8 Å². The van der Waals surface area contributed by atoms with Gasteiger partial charge in [-0.2, -0.15) is 0 Å². The maximum atomic E-state index is 11.7. The number of carbonyl (C=O) groups is 1. The molecule has 5 aliphatic rings. The summed E-state index contributed by atoms with van der Waals surface area (Å²) in [6, 6.07) is 9.03.